The van der Waals surface area contributed by atoms with E-state index in [2.05, 4.69) is 22.3 Å². The third-order valence-electron chi connectivity index (χ3n) is 3.74. The number of likely N-dealkylation sites (N-methyl/N-ethyl adjacent to an activating group) is 1. The van der Waals surface area contributed by atoms with Crippen LogP contribution in [-0.4, -0.2) is 29.5 Å². The number of rotatable bonds is 4. The van der Waals surface area contributed by atoms with E-state index >= 15 is 0 Å². The van der Waals surface area contributed by atoms with Crippen molar-refractivity contribution in [2.45, 2.75) is 51.0 Å². The summed E-state index contributed by atoms with van der Waals surface area (Å²) in [6.07, 6.45) is 9.42. The summed E-state index contributed by atoms with van der Waals surface area (Å²) in [7, 11) is 2.26. The van der Waals surface area contributed by atoms with Gasteiger partial charge in [0.05, 0.1) is 5.69 Å². The smallest absolute Gasteiger partial charge is 0.180 e. The van der Waals surface area contributed by atoms with Crippen molar-refractivity contribution in [1.82, 2.24) is 9.88 Å². The van der Waals surface area contributed by atoms with Gasteiger partial charge in [0.25, 0.3) is 0 Å². The highest BCUT2D eigenvalue weighted by atomic mass is 32.1. The lowest BCUT2D eigenvalue weighted by Crippen LogP contribution is -2.33. The maximum Gasteiger partial charge on any atom is 0.180 e. The summed E-state index contributed by atoms with van der Waals surface area (Å²) in [5.41, 5.74) is 6.79. The van der Waals surface area contributed by atoms with Crippen LogP contribution in [0.25, 0.3) is 0 Å². The Kier molecular flexibility index (Phi) is 4.80. The first-order chi connectivity index (χ1) is 8.25. The van der Waals surface area contributed by atoms with E-state index in [1.165, 1.54) is 38.5 Å². The summed E-state index contributed by atoms with van der Waals surface area (Å²) in [6, 6.07) is 0.786. The fraction of sp³-hybridized carbons (Fsp3) is 0.769. The first-order valence-corrected chi connectivity index (χ1v) is 7.54. The highest BCUT2D eigenvalue weighted by Gasteiger charge is 2.16. The molecule has 0 radical (unpaired) electrons. The highest BCUT2D eigenvalue weighted by molar-refractivity contribution is 7.13. The third kappa shape index (κ3) is 3.96. The van der Waals surface area contributed by atoms with Crippen LogP contribution < -0.4 is 5.73 Å². The summed E-state index contributed by atoms with van der Waals surface area (Å²) < 4.78 is 0. The van der Waals surface area contributed by atoms with Gasteiger partial charge in [0, 0.05) is 24.4 Å². The molecule has 0 saturated heterocycles. The van der Waals surface area contributed by atoms with Gasteiger partial charge >= 0.3 is 0 Å². The van der Waals surface area contributed by atoms with Crippen LogP contribution in [0.2, 0.25) is 0 Å². The Labute approximate surface area is 108 Å². The van der Waals surface area contributed by atoms with Crippen LogP contribution in [0.15, 0.2) is 5.38 Å². The van der Waals surface area contributed by atoms with Crippen molar-refractivity contribution in [1.29, 1.82) is 0 Å². The van der Waals surface area contributed by atoms with Crippen molar-refractivity contribution in [3.63, 3.8) is 0 Å². The van der Waals surface area contributed by atoms with Crippen molar-refractivity contribution >= 4 is 16.5 Å². The zero-order chi connectivity index (χ0) is 12.1. The standard InChI is InChI=1S/C13H23N3S/c1-16(12-6-4-2-3-5-7-12)9-8-11-10-17-13(14)15-11/h10,12H,2-9H2,1H3,(H2,14,15). The highest BCUT2D eigenvalue weighted by Crippen LogP contribution is 2.21. The molecule has 2 rings (SSSR count). The predicted octanol–water partition coefficient (Wildman–Crippen LogP) is 2.92. The van der Waals surface area contributed by atoms with E-state index in [-0.39, 0.29) is 0 Å². The Bertz CT molecular complexity index is 329. The van der Waals surface area contributed by atoms with Crippen LogP contribution in [0.3, 0.4) is 0 Å². The molecule has 0 bridgehead atoms. The molecule has 1 fully saturated rings. The lowest BCUT2D eigenvalue weighted by molar-refractivity contribution is 0.223. The fourth-order valence-electron chi connectivity index (χ4n) is 2.61. The Morgan fingerprint density at radius 1 is 1.35 bits per heavy atom. The maximum absolute atomic E-state index is 5.64. The summed E-state index contributed by atoms with van der Waals surface area (Å²) in [5.74, 6) is 0. The Hall–Kier alpha value is -0.610. The second-order valence-electron chi connectivity index (χ2n) is 5.05. The van der Waals surface area contributed by atoms with Gasteiger partial charge in [-0.15, -0.1) is 11.3 Å². The molecule has 0 aromatic carbocycles. The minimum Gasteiger partial charge on any atom is -0.375 e. The van der Waals surface area contributed by atoms with Crippen LogP contribution in [0, 0.1) is 0 Å². The van der Waals surface area contributed by atoms with Crippen molar-refractivity contribution in [2.75, 3.05) is 19.3 Å². The zero-order valence-corrected chi connectivity index (χ0v) is 11.5. The van der Waals surface area contributed by atoms with Gasteiger partial charge in [-0.2, -0.15) is 0 Å². The largest absolute Gasteiger partial charge is 0.375 e. The minimum atomic E-state index is 0.692. The molecule has 1 saturated carbocycles. The quantitative estimate of drug-likeness (QED) is 0.839. The summed E-state index contributed by atoms with van der Waals surface area (Å²) >= 11 is 1.54. The molecule has 0 spiro atoms. The van der Waals surface area contributed by atoms with Gasteiger partial charge in [-0.1, -0.05) is 25.7 Å². The molecule has 1 heterocycles. The molecule has 3 nitrogen and oxygen atoms in total. The molecule has 2 N–H and O–H groups in total. The van der Waals surface area contributed by atoms with Gasteiger partial charge in [0.1, 0.15) is 0 Å². The molecule has 0 unspecified atom stereocenters. The second-order valence-corrected chi connectivity index (χ2v) is 5.94. The number of thiazole rings is 1. The van der Waals surface area contributed by atoms with Crippen LogP contribution in [0.5, 0.6) is 0 Å². The normalized spacial score (nSPS) is 18.5. The number of nitrogens with zero attached hydrogens (tertiary/aromatic N) is 2. The summed E-state index contributed by atoms with van der Waals surface area (Å²) in [4.78, 5) is 6.83. The van der Waals surface area contributed by atoms with Crippen molar-refractivity contribution < 1.29 is 0 Å². The van der Waals surface area contributed by atoms with E-state index in [9.17, 15) is 0 Å². The molecule has 1 aliphatic rings. The van der Waals surface area contributed by atoms with E-state index in [4.69, 9.17) is 5.73 Å². The van der Waals surface area contributed by atoms with Gasteiger partial charge in [0.2, 0.25) is 0 Å². The number of nitrogen functional groups attached to an aromatic ring is 1. The third-order valence-corrected chi connectivity index (χ3v) is 4.46. The van der Waals surface area contributed by atoms with E-state index in [1.54, 1.807) is 11.3 Å². The Morgan fingerprint density at radius 3 is 2.65 bits per heavy atom. The number of hydrogen-bond donors (Lipinski definition) is 1. The van der Waals surface area contributed by atoms with E-state index in [0.29, 0.717) is 5.13 Å². The van der Waals surface area contributed by atoms with Gasteiger partial charge < -0.3 is 10.6 Å². The fourth-order valence-corrected chi connectivity index (χ4v) is 3.21. The molecular formula is C13H23N3S. The monoisotopic (exact) mass is 253 g/mol. The van der Waals surface area contributed by atoms with Gasteiger partial charge in [-0.25, -0.2) is 4.98 Å². The zero-order valence-electron chi connectivity index (χ0n) is 10.7. The van der Waals surface area contributed by atoms with Crippen LogP contribution in [0.1, 0.15) is 44.2 Å². The molecule has 1 aromatic rings. The Balaban J connectivity index is 1.77. The number of aromatic nitrogens is 1. The lowest BCUT2D eigenvalue weighted by Gasteiger charge is -2.26. The van der Waals surface area contributed by atoms with E-state index in [0.717, 1.165) is 24.7 Å². The van der Waals surface area contributed by atoms with Gasteiger partial charge in [-0.3, -0.25) is 0 Å². The molecule has 96 valence electrons. The molecule has 0 amide bonds. The maximum atomic E-state index is 5.64. The van der Waals surface area contributed by atoms with Crippen molar-refractivity contribution in [3.05, 3.63) is 11.1 Å². The van der Waals surface area contributed by atoms with Gasteiger partial charge in [0.15, 0.2) is 5.13 Å². The van der Waals surface area contributed by atoms with Crippen LogP contribution >= 0.6 is 11.3 Å². The van der Waals surface area contributed by atoms with Crippen LogP contribution in [-0.2, 0) is 6.42 Å². The second kappa shape index (κ2) is 6.36. The topological polar surface area (TPSA) is 42.1 Å². The first-order valence-electron chi connectivity index (χ1n) is 6.66. The molecule has 1 aliphatic carbocycles. The number of anilines is 1. The molecule has 17 heavy (non-hydrogen) atoms. The van der Waals surface area contributed by atoms with Gasteiger partial charge in [-0.05, 0) is 19.9 Å². The molecule has 1 aromatic heterocycles. The summed E-state index contributed by atoms with van der Waals surface area (Å²) in [5, 5.41) is 2.77. The average molecular weight is 253 g/mol. The lowest BCUT2D eigenvalue weighted by atomic mass is 10.1. The average Bonchev–Trinajstić information content (AvgIpc) is 2.58. The van der Waals surface area contributed by atoms with Crippen LogP contribution in [0.4, 0.5) is 5.13 Å². The number of hydrogen-bond acceptors (Lipinski definition) is 4. The first kappa shape index (κ1) is 12.8. The molecular weight excluding hydrogens is 230 g/mol. The molecule has 0 atom stereocenters. The molecule has 4 heteroatoms. The predicted molar refractivity (Wildman–Crippen MR) is 74.4 cm³/mol. The van der Waals surface area contributed by atoms with E-state index < -0.39 is 0 Å². The van der Waals surface area contributed by atoms with E-state index in [1.807, 2.05) is 0 Å². The van der Waals surface area contributed by atoms with Crippen molar-refractivity contribution in [2.24, 2.45) is 0 Å². The number of nitrogens with two attached hydrogens (primary N) is 1. The van der Waals surface area contributed by atoms with Crippen molar-refractivity contribution in [3.8, 4) is 0 Å². The molecule has 0 aliphatic heterocycles. The SMILES string of the molecule is CN(CCc1csc(N)n1)C1CCCCCC1. The summed E-state index contributed by atoms with van der Waals surface area (Å²) in [6.45, 7) is 1.10. The minimum absolute atomic E-state index is 0.692. The Morgan fingerprint density at radius 2 is 2.06 bits per heavy atom.